The molecule has 0 aliphatic carbocycles. The number of benzene rings is 1. The minimum atomic E-state index is -1.01. The number of aromatic nitrogens is 2. The third-order valence-corrected chi connectivity index (χ3v) is 5.04. The van der Waals surface area contributed by atoms with Gasteiger partial charge in [0.1, 0.15) is 5.56 Å². The van der Waals surface area contributed by atoms with Crippen molar-refractivity contribution in [3.63, 3.8) is 0 Å². The van der Waals surface area contributed by atoms with Crippen molar-refractivity contribution < 1.29 is 19.4 Å². The number of amides is 1. The molecule has 3 unspecified atom stereocenters. The van der Waals surface area contributed by atoms with E-state index in [2.05, 4.69) is 10.4 Å². The van der Waals surface area contributed by atoms with Crippen LogP contribution in [0.4, 0.5) is 5.69 Å². The topological polar surface area (TPSA) is 93.5 Å². The molecule has 2 aliphatic heterocycles. The van der Waals surface area contributed by atoms with Crippen molar-refractivity contribution in [1.29, 1.82) is 0 Å². The fourth-order valence-electron chi connectivity index (χ4n) is 3.74. The van der Waals surface area contributed by atoms with Gasteiger partial charge in [0.15, 0.2) is 0 Å². The van der Waals surface area contributed by atoms with Crippen LogP contribution in [0.25, 0.3) is 5.69 Å². The summed E-state index contributed by atoms with van der Waals surface area (Å²) in [6.07, 6.45) is 4.39. The van der Waals surface area contributed by atoms with Gasteiger partial charge >= 0.3 is 5.97 Å². The summed E-state index contributed by atoms with van der Waals surface area (Å²) in [6, 6.07) is 7.23. The quantitative estimate of drug-likeness (QED) is 0.890. The zero-order valence-corrected chi connectivity index (χ0v) is 13.8. The molecule has 25 heavy (non-hydrogen) atoms. The summed E-state index contributed by atoms with van der Waals surface area (Å²) in [6.45, 7) is 1.70. The molecule has 0 radical (unpaired) electrons. The van der Waals surface area contributed by atoms with Gasteiger partial charge in [-0.3, -0.25) is 4.79 Å². The first-order valence-electron chi connectivity index (χ1n) is 8.37. The van der Waals surface area contributed by atoms with E-state index in [4.69, 9.17) is 9.84 Å². The van der Waals surface area contributed by atoms with Gasteiger partial charge < -0.3 is 15.2 Å². The number of hydrogen-bond donors (Lipinski definition) is 2. The lowest BCUT2D eigenvalue weighted by atomic mass is 9.88. The molecule has 2 bridgehead atoms. The van der Waals surface area contributed by atoms with Crippen molar-refractivity contribution in [1.82, 2.24) is 9.78 Å². The summed E-state index contributed by atoms with van der Waals surface area (Å²) in [7, 11) is 0. The standard InChI is InChI=1S/C18H19N3O4/c1-10-15(18(23)24)9-19-21(10)12-4-2-3-11(7-12)20-17(22)14-8-13-5-6-16(14)25-13/h2-4,7,9,13-14,16H,5-6,8H2,1H3,(H,20,22)(H,23,24). The number of nitrogens with one attached hydrogen (secondary N) is 1. The van der Waals surface area contributed by atoms with Gasteiger partial charge in [-0.15, -0.1) is 0 Å². The Morgan fingerprint density at radius 3 is 2.84 bits per heavy atom. The molecule has 0 saturated carbocycles. The third kappa shape index (κ3) is 2.80. The van der Waals surface area contributed by atoms with Crippen molar-refractivity contribution >= 4 is 17.6 Å². The second-order valence-electron chi connectivity index (χ2n) is 6.62. The number of carbonyl (C=O) groups excluding carboxylic acids is 1. The van der Waals surface area contributed by atoms with Crippen LogP contribution in [0.3, 0.4) is 0 Å². The Bertz CT molecular complexity index is 845. The molecule has 7 heteroatoms. The highest BCUT2D eigenvalue weighted by Gasteiger charge is 2.44. The molecule has 7 nitrogen and oxygen atoms in total. The second-order valence-corrected chi connectivity index (χ2v) is 6.62. The van der Waals surface area contributed by atoms with E-state index >= 15 is 0 Å². The Kier molecular flexibility index (Phi) is 3.80. The van der Waals surface area contributed by atoms with Crippen LogP contribution in [0, 0.1) is 12.8 Å². The van der Waals surface area contributed by atoms with Crippen LogP contribution < -0.4 is 5.32 Å². The van der Waals surface area contributed by atoms with Crippen molar-refractivity contribution in [2.45, 2.75) is 38.4 Å². The number of carboxylic acid groups (broad SMARTS) is 1. The van der Waals surface area contributed by atoms with E-state index in [0.29, 0.717) is 17.1 Å². The number of aromatic carboxylic acids is 1. The molecule has 3 atom stereocenters. The number of fused-ring (bicyclic) bond motifs is 2. The summed E-state index contributed by atoms with van der Waals surface area (Å²) in [4.78, 5) is 23.7. The maximum Gasteiger partial charge on any atom is 0.339 e. The second kappa shape index (κ2) is 6.00. The summed E-state index contributed by atoms with van der Waals surface area (Å²) in [5.41, 5.74) is 2.06. The Balaban J connectivity index is 1.54. The average Bonchev–Trinajstić information content (AvgIpc) is 3.30. The highest BCUT2D eigenvalue weighted by atomic mass is 16.5. The van der Waals surface area contributed by atoms with Crippen LogP contribution in [0.15, 0.2) is 30.5 Å². The summed E-state index contributed by atoms with van der Waals surface area (Å²) in [5, 5.41) is 16.2. The van der Waals surface area contributed by atoms with Gasteiger partial charge in [0.2, 0.25) is 5.91 Å². The predicted octanol–water partition coefficient (Wildman–Crippen LogP) is 2.38. The molecule has 1 aromatic heterocycles. The highest BCUT2D eigenvalue weighted by Crippen LogP contribution is 2.39. The molecule has 2 aromatic rings. The lowest BCUT2D eigenvalue weighted by Crippen LogP contribution is -2.30. The first kappa shape index (κ1) is 15.8. The van der Waals surface area contributed by atoms with Crippen LogP contribution in [0.1, 0.15) is 35.3 Å². The SMILES string of the molecule is Cc1c(C(=O)O)cnn1-c1cccc(NC(=O)C2CC3CCC2O3)c1. The average molecular weight is 341 g/mol. The molecular formula is C18H19N3O4. The molecular weight excluding hydrogens is 322 g/mol. The molecule has 1 aromatic carbocycles. The Morgan fingerprint density at radius 2 is 2.20 bits per heavy atom. The van der Waals surface area contributed by atoms with Crippen molar-refractivity contribution in [2.24, 2.45) is 5.92 Å². The van der Waals surface area contributed by atoms with Crippen LogP contribution in [0.5, 0.6) is 0 Å². The first-order chi connectivity index (χ1) is 12.0. The molecule has 3 heterocycles. The Hall–Kier alpha value is -2.67. The number of carbonyl (C=O) groups is 2. The molecule has 1 amide bonds. The fraction of sp³-hybridized carbons (Fsp3) is 0.389. The Morgan fingerprint density at radius 1 is 1.36 bits per heavy atom. The lowest BCUT2D eigenvalue weighted by molar-refractivity contribution is -0.121. The van der Waals surface area contributed by atoms with Gasteiger partial charge in [-0.1, -0.05) is 6.07 Å². The van der Waals surface area contributed by atoms with E-state index in [1.165, 1.54) is 6.20 Å². The minimum Gasteiger partial charge on any atom is -0.478 e. The zero-order valence-electron chi connectivity index (χ0n) is 13.8. The largest absolute Gasteiger partial charge is 0.478 e. The maximum absolute atomic E-state index is 12.5. The molecule has 130 valence electrons. The minimum absolute atomic E-state index is 0.0206. The Labute approximate surface area is 144 Å². The summed E-state index contributed by atoms with van der Waals surface area (Å²) >= 11 is 0. The van der Waals surface area contributed by atoms with E-state index in [1.807, 2.05) is 18.2 Å². The molecule has 4 rings (SSSR count). The third-order valence-electron chi connectivity index (χ3n) is 5.04. The lowest BCUT2D eigenvalue weighted by Gasteiger charge is -2.18. The first-order valence-corrected chi connectivity index (χ1v) is 8.37. The van der Waals surface area contributed by atoms with E-state index in [0.717, 1.165) is 19.3 Å². The van der Waals surface area contributed by atoms with Crippen LogP contribution in [-0.4, -0.2) is 39.0 Å². The van der Waals surface area contributed by atoms with Crippen molar-refractivity contribution in [3.05, 3.63) is 41.7 Å². The van der Waals surface area contributed by atoms with Gasteiger partial charge in [-0.25, -0.2) is 9.48 Å². The molecule has 0 spiro atoms. The van der Waals surface area contributed by atoms with Crippen LogP contribution in [0.2, 0.25) is 0 Å². The molecule has 2 saturated heterocycles. The van der Waals surface area contributed by atoms with Crippen molar-refractivity contribution in [2.75, 3.05) is 5.32 Å². The van der Waals surface area contributed by atoms with Gasteiger partial charge in [0, 0.05) is 5.69 Å². The zero-order chi connectivity index (χ0) is 17.6. The smallest absolute Gasteiger partial charge is 0.339 e. The van der Waals surface area contributed by atoms with E-state index in [-0.39, 0.29) is 29.6 Å². The van der Waals surface area contributed by atoms with Gasteiger partial charge in [-0.05, 0) is 44.4 Å². The van der Waals surface area contributed by atoms with E-state index < -0.39 is 5.97 Å². The maximum atomic E-state index is 12.5. The molecule has 2 aliphatic rings. The monoisotopic (exact) mass is 341 g/mol. The number of rotatable bonds is 4. The van der Waals surface area contributed by atoms with E-state index in [9.17, 15) is 9.59 Å². The van der Waals surface area contributed by atoms with Crippen LogP contribution in [-0.2, 0) is 9.53 Å². The number of anilines is 1. The normalized spacial score (nSPS) is 24.4. The van der Waals surface area contributed by atoms with Gasteiger partial charge in [0.25, 0.3) is 0 Å². The molecule has 2 fully saturated rings. The predicted molar refractivity (Wildman–Crippen MR) is 89.9 cm³/mol. The highest BCUT2D eigenvalue weighted by molar-refractivity contribution is 5.93. The molecule has 2 N–H and O–H groups in total. The summed E-state index contributed by atoms with van der Waals surface area (Å²) in [5.74, 6) is -1.12. The number of nitrogens with zero attached hydrogens (tertiary/aromatic N) is 2. The van der Waals surface area contributed by atoms with Crippen LogP contribution >= 0.6 is 0 Å². The van der Waals surface area contributed by atoms with Gasteiger partial charge in [-0.2, -0.15) is 5.10 Å². The number of carboxylic acids is 1. The number of hydrogen-bond acceptors (Lipinski definition) is 4. The fourth-order valence-corrected chi connectivity index (χ4v) is 3.74. The van der Waals surface area contributed by atoms with E-state index in [1.54, 1.807) is 17.7 Å². The van der Waals surface area contributed by atoms with Crippen molar-refractivity contribution in [3.8, 4) is 5.69 Å². The summed E-state index contributed by atoms with van der Waals surface area (Å²) < 4.78 is 7.30. The number of ether oxygens (including phenoxy) is 1. The van der Waals surface area contributed by atoms with Gasteiger partial charge in [0.05, 0.1) is 35.7 Å².